The molecule has 71 heavy (non-hydrogen) atoms. The van der Waals surface area contributed by atoms with E-state index in [1.54, 1.807) is 0 Å². The van der Waals surface area contributed by atoms with Crippen molar-refractivity contribution >= 4 is 17.9 Å². The molecule has 0 aromatic heterocycles. The van der Waals surface area contributed by atoms with E-state index in [1.165, 1.54) is 193 Å². The molecule has 0 fully saturated rings. The van der Waals surface area contributed by atoms with Gasteiger partial charge in [0.25, 0.3) is 0 Å². The molecule has 0 aliphatic rings. The zero-order chi connectivity index (χ0) is 51.4. The quantitative estimate of drug-likeness (QED) is 0.0261. The van der Waals surface area contributed by atoms with Crippen LogP contribution in [0, 0.1) is 0 Å². The van der Waals surface area contributed by atoms with E-state index < -0.39 is 6.10 Å². The molecule has 0 heterocycles. The van der Waals surface area contributed by atoms with Crippen LogP contribution in [0.15, 0.2) is 60.8 Å². The SMILES string of the molecule is CCCCCCC/C=C\C/C=C\C/C=C\CCCCCCCCCCCCC(=O)OCC(COC(=O)CCCCCCC)OC(=O)CCCCCCCCCCCCC/C=C\C/C=C\CCCCCCC. The summed E-state index contributed by atoms with van der Waals surface area (Å²) in [6, 6.07) is 0. The molecule has 6 heteroatoms. The average molecular weight is 994 g/mol. The number of ether oxygens (including phenoxy) is 3. The second-order valence-electron chi connectivity index (χ2n) is 20.6. The lowest BCUT2D eigenvalue weighted by Crippen LogP contribution is -2.30. The Morgan fingerprint density at radius 3 is 0.789 bits per heavy atom. The molecule has 1 atom stereocenters. The van der Waals surface area contributed by atoms with Gasteiger partial charge in [0.05, 0.1) is 0 Å². The molecule has 0 radical (unpaired) electrons. The number of hydrogen-bond donors (Lipinski definition) is 0. The molecule has 412 valence electrons. The predicted molar refractivity (Wildman–Crippen MR) is 307 cm³/mol. The van der Waals surface area contributed by atoms with Crippen molar-refractivity contribution < 1.29 is 28.6 Å². The van der Waals surface area contributed by atoms with Crippen molar-refractivity contribution in [2.45, 2.75) is 322 Å². The van der Waals surface area contributed by atoms with Crippen molar-refractivity contribution in [1.29, 1.82) is 0 Å². The molecular weight excluding hydrogens is 877 g/mol. The Kier molecular flexibility index (Phi) is 57.2. The molecule has 1 unspecified atom stereocenters. The zero-order valence-electron chi connectivity index (χ0n) is 47.2. The highest BCUT2D eigenvalue weighted by molar-refractivity contribution is 5.71. The summed E-state index contributed by atoms with van der Waals surface area (Å²) in [7, 11) is 0. The monoisotopic (exact) mass is 993 g/mol. The summed E-state index contributed by atoms with van der Waals surface area (Å²) in [4.78, 5) is 37.9. The van der Waals surface area contributed by atoms with Crippen LogP contribution >= 0.6 is 0 Å². The summed E-state index contributed by atoms with van der Waals surface area (Å²) in [5, 5.41) is 0. The third-order valence-electron chi connectivity index (χ3n) is 13.5. The number of hydrogen-bond acceptors (Lipinski definition) is 6. The highest BCUT2D eigenvalue weighted by Gasteiger charge is 2.19. The van der Waals surface area contributed by atoms with Gasteiger partial charge in [0, 0.05) is 19.3 Å². The van der Waals surface area contributed by atoms with Crippen LogP contribution in [-0.4, -0.2) is 37.2 Å². The highest BCUT2D eigenvalue weighted by atomic mass is 16.6. The second kappa shape index (κ2) is 59.7. The first kappa shape index (κ1) is 68.1. The lowest BCUT2D eigenvalue weighted by Gasteiger charge is -2.18. The lowest BCUT2D eigenvalue weighted by molar-refractivity contribution is -0.167. The number of carbonyl (C=O) groups excluding carboxylic acids is 3. The molecule has 0 bridgehead atoms. The first-order chi connectivity index (χ1) is 35.0. The van der Waals surface area contributed by atoms with Gasteiger partial charge < -0.3 is 14.2 Å². The third kappa shape index (κ3) is 57.9. The van der Waals surface area contributed by atoms with Gasteiger partial charge in [0.2, 0.25) is 0 Å². The van der Waals surface area contributed by atoms with Crippen molar-refractivity contribution in [2.75, 3.05) is 13.2 Å². The molecule has 0 rings (SSSR count). The van der Waals surface area contributed by atoms with Crippen molar-refractivity contribution in [2.24, 2.45) is 0 Å². The minimum Gasteiger partial charge on any atom is -0.462 e. The van der Waals surface area contributed by atoms with Crippen LogP contribution in [0.4, 0.5) is 0 Å². The number of allylic oxidation sites excluding steroid dienone is 10. The van der Waals surface area contributed by atoms with Gasteiger partial charge >= 0.3 is 17.9 Å². The van der Waals surface area contributed by atoms with Crippen LogP contribution in [0.3, 0.4) is 0 Å². The molecule has 0 aromatic carbocycles. The average Bonchev–Trinajstić information content (AvgIpc) is 3.37. The topological polar surface area (TPSA) is 78.9 Å². The molecule has 0 aliphatic heterocycles. The molecule has 0 saturated carbocycles. The van der Waals surface area contributed by atoms with E-state index in [-0.39, 0.29) is 31.1 Å². The minimum atomic E-state index is -0.773. The van der Waals surface area contributed by atoms with Gasteiger partial charge in [-0.1, -0.05) is 268 Å². The summed E-state index contributed by atoms with van der Waals surface area (Å²) >= 11 is 0. The standard InChI is InChI=1S/C65H116O6/c1-4-7-10-13-15-17-19-21-23-25-27-29-31-32-34-35-37-39-41-43-45-47-49-52-55-58-64(67)70-61-62(60-69-63(66)57-54-51-12-9-6-3)71-65(68)59-56-53-50-48-46-44-42-40-38-36-33-30-28-26-24-22-20-18-16-14-11-8-5-2/h19-22,25-28,31-32,62H,4-18,23-24,29-30,33-61H2,1-3H3/b21-19-,22-20-,27-25-,28-26-,32-31-. The molecule has 0 saturated heterocycles. The largest absolute Gasteiger partial charge is 0.462 e. The van der Waals surface area contributed by atoms with E-state index in [4.69, 9.17) is 14.2 Å². The first-order valence-corrected chi connectivity index (χ1v) is 30.8. The van der Waals surface area contributed by atoms with Crippen molar-refractivity contribution in [3.05, 3.63) is 60.8 Å². The zero-order valence-corrected chi connectivity index (χ0v) is 47.2. The van der Waals surface area contributed by atoms with Gasteiger partial charge in [-0.25, -0.2) is 0 Å². The normalized spacial score (nSPS) is 12.4. The van der Waals surface area contributed by atoms with E-state index in [1.807, 2.05) is 0 Å². The predicted octanol–water partition coefficient (Wildman–Crippen LogP) is 20.8. The molecule has 6 nitrogen and oxygen atoms in total. The van der Waals surface area contributed by atoms with Gasteiger partial charge in [-0.2, -0.15) is 0 Å². The third-order valence-corrected chi connectivity index (χ3v) is 13.5. The summed E-state index contributed by atoms with van der Waals surface area (Å²) in [5.41, 5.74) is 0. The Labute approximate surface area is 440 Å². The Balaban J connectivity index is 4.06. The summed E-state index contributed by atoms with van der Waals surface area (Å²) in [5.74, 6) is -0.883. The van der Waals surface area contributed by atoms with Gasteiger partial charge in [0.1, 0.15) is 13.2 Å². The van der Waals surface area contributed by atoms with Crippen LogP contribution < -0.4 is 0 Å². The molecule has 0 aliphatic carbocycles. The first-order valence-electron chi connectivity index (χ1n) is 30.8. The molecular formula is C65H116O6. The maximum Gasteiger partial charge on any atom is 0.306 e. The number of unbranched alkanes of at least 4 members (excludes halogenated alkanes) is 35. The molecule has 0 N–H and O–H groups in total. The van der Waals surface area contributed by atoms with Gasteiger partial charge in [0.15, 0.2) is 6.10 Å². The molecule has 0 amide bonds. The number of carbonyl (C=O) groups is 3. The fourth-order valence-corrected chi connectivity index (χ4v) is 8.83. The van der Waals surface area contributed by atoms with Crippen molar-refractivity contribution in [3.63, 3.8) is 0 Å². The maximum atomic E-state index is 12.8. The van der Waals surface area contributed by atoms with Gasteiger partial charge in [-0.3, -0.25) is 14.4 Å². The van der Waals surface area contributed by atoms with Crippen LogP contribution in [0.2, 0.25) is 0 Å². The van der Waals surface area contributed by atoms with Crippen LogP contribution in [0.25, 0.3) is 0 Å². The number of esters is 3. The molecule has 0 spiro atoms. The van der Waals surface area contributed by atoms with Crippen LogP contribution in [-0.2, 0) is 28.6 Å². The van der Waals surface area contributed by atoms with Crippen LogP contribution in [0.5, 0.6) is 0 Å². The fourth-order valence-electron chi connectivity index (χ4n) is 8.83. The van der Waals surface area contributed by atoms with Gasteiger partial charge in [-0.15, -0.1) is 0 Å². The van der Waals surface area contributed by atoms with Crippen molar-refractivity contribution in [3.8, 4) is 0 Å². The fraction of sp³-hybridized carbons (Fsp3) is 0.800. The Morgan fingerprint density at radius 2 is 0.507 bits per heavy atom. The second-order valence-corrected chi connectivity index (χ2v) is 20.6. The number of rotatable bonds is 56. The molecule has 0 aromatic rings. The van der Waals surface area contributed by atoms with E-state index in [0.717, 1.165) is 83.5 Å². The maximum absolute atomic E-state index is 12.8. The summed E-state index contributed by atoms with van der Waals surface area (Å²) < 4.78 is 16.8. The smallest absolute Gasteiger partial charge is 0.306 e. The Hall–Kier alpha value is -2.89. The van der Waals surface area contributed by atoms with Gasteiger partial charge in [-0.05, 0) is 89.9 Å². The van der Waals surface area contributed by atoms with E-state index in [9.17, 15) is 14.4 Å². The van der Waals surface area contributed by atoms with Crippen molar-refractivity contribution in [1.82, 2.24) is 0 Å². The summed E-state index contributed by atoms with van der Waals surface area (Å²) in [6.45, 7) is 6.56. The van der Waals surface area contributed by atoms with E-state index in [2.05, 4.69) is 81.5 Å². The Morgan fingerprint density at radius 1 is 0.282 bits per heavy atom. The van der Waals surface area contributed by atoms with E-state index >= 15 is 0 Å². The lowest BCUT2D eigenvalue weighted by atomic mass is 10.0. The highest BCUT2D eigenvalue weighted by Crippen LogP contribution is 2.16. The summed E-state index contributed by atoms with van der Waals surface area (Å²) in [6.07, 6.45) is 75.5. The minimum absolute atomic E-state index is 0.0756. The van der Waals surface area contributed by atoms with E-state index in [0.29, 0.717) is 19.3 Å². The van der Waals surface area contributed by atoms with Crippen LogP contribution in [0.1, 0.15) is 316 Å². The Bertz CT molecular complexity index is 1280.